The van der Waals surface area contributed by atoms with E-state index < -0.39 is 39.6 Å². The molecule has 5 N–H and O–H groups in total. The minimum absolute atomic E-state index is 0.443. The summed E-state index contributed by atoms with van der Waals surface area (Å²) < 4.78 is 24.7. The Hall–Kier alpha value is -1.15. The molecule has 0 aromatic carbocycles. The Bertz CT molecular complexity index is 349. The zero-order valence-corrected chi connectivity index (χ0v) is 9.37. The largest absolute Gasteiger partial charge is 0.370 e. The van der Waals surface area contributed by atoms with E-state index in [0.29, 0.717) is 0 Å². The summed E-state index contributed by atoms with van der Waals surface area (Å²) in [6.07, 6.45) is -0.443. The van der Waals surface area contributed by atoms with Crippen molar-refractivity contribution in [1.29, 1.82) is 0 Å². The molecule has 0 aromatic heterocycles. The Labute approximate surface area is 88.2 Å². The number of carbonyl (C=O) groups is 2. The topological polar surface area (TPSA) is 132 Å². The highest BCUT2D eigenvalue weighted by atomic mass is 32.2. The van der Waals surface area contributed by atoms with Crippen molar-refractivity contribution in [2.45, 2.75) is 31.6 Å². The summed E-state index contributed by atoms with van der Waals surface area (Å²) >= 11 is 0. The van der Waals surface area contributed by atoms with Crippen molar-refractivity contribution in [3.05, 3.63) is 0 Å². The van der Waals surface area contributed by atoms with Crippen LogP contribution in [0.1, 0.15) is 20.3 Å². The lowest BCUT2D eigenvalue weighted by atomic mass is 10.2. The molecule has 0 saturated carbocycles. The summed E-state index contributed by atoms with van der Waals surface area (Å²) in [6, 6.07) is -1.28. The van der Waals surface area contributed by atoms with Crippen molar-refractivity contribution in [2.24, 2.45) is 11.5 Å². The van der Waals surface area contributed by atoms with Gasteiger partial charge in [0.1, 0.15) is 6.04 Å². The molecule has 0 aliphatic carbocycles. The zero-order valence-electron chi connectivity index (χ0n) is 8.56. The van der Waals surface area contributed by atoms with Gasteiger partial charge in [-0.15, -0.1) is 0 Å². The summed E-state index contributed by atoms with van der Waals surface area (Å²) in [5.74, 6) is -1.73. The van der Waals surface area contributed by atoms with Crippen LogP contribution in [-0.2, 0) is 19.6 Å². The first-order chi connectivity index (χ1) is 6.66. The van der Waals surface area contributed by atoms with E-state index in [-0.39, 0.29) is 0 Å². The maximum Gasteiger partial charge on any atom is 0.236 e. The van der Waals surface area contributed by atoms with E-state index in [9.17, 15) is 18.0 Å². The van der Waals surface area contributed by atoms with Gasteiger partial charge in [-0.1, -0.05) is 0 Å². The Morgan fingerprint density at radius 2 is 1.73 bits per heavy atom. The summed E-state index contributed by atoms with van der Waals surface area (Å²) in [5.41, 5.74) is 9.76. The Kier molecular flexibility index (Phi) is 4.69. The van der Waals surface area contributed by atoms with E-state index in [2.05, 4.69) is 0 Å². The molecule has 0 fully saturated rings. The van der Waals surface area contributed by atoms with Gasteiger partial charge < -0.3 is 11.5 Å². The Morgan fingerprint density at radius 1 is 1.27 bits per heavy atom. The summed E-state index contributed by atoms with van der Waals surface area (Å²) in [7, 11) is -3.65. The molecule has 0 bridgehead atoms. The van der Waals surface area contributed by atoms with Crippen molar-refractivity contribution in [3.63, 3.8) is 0 Å². The van der Waals surface area contributed by atoms with Gasteiger partial charge in [0, 0.05) is 0 Å². The average Bonchev–Trinajstić information content (AvgIpc) is 2.01. The first kappa shape index (κ1) is 13.8. The van der Waals surface area contributed by atoms with Gasteiger partial charge in [0.15, 0.2) is 0 Å². The molecule has 1 atom stereocenters. The maximum absolute atomic E-state index is 11.4. The van der Waals surface area contributed by atoms with Crippen LogP contribution in [0.2, 0.25) is 0 Å². The number of carbonyl (C=O) groups excluding carboxylic acids is 2. The minimum Gasteiger partial charge on any atom is -0.370 e. The van der Waals surface area contributed by atoms with Crippen molar-refractivity contribution in [3.8, 4) is 0 Å². The van der Waals surface area contributed by atoms with Crippen LogP contribution in [0.5, 0.6) is 0 Å². The highest BCUT2D eigenvalue weighted by Crippen LogP contribution is 2.00. The molecule has 2 amide bonds. The van der Waals surface area contributed by atoms with E-state index in [0.717, 1.165) is 0 Å². The smallest absolute Gasteiger partial charge is 0.236 e. The fourth-order valence-electron chi connectivity index (χ4n) is 0.736. The number of rotatable bonds is 6. The van der Waals surface area contributed by atoms with Crippen LogP contribution >= 0.6 is 0 Å². The molecule has 15 heavy (non-hydrogen) atoms. The number of sulfonamides is 1. The van der Waals surface area contributed by atoms with Crippen molar-refractivity contribution < 1.29 is 18.0 Å². The molecule has 1 unspecified atom stereocenters. The standard InChI is InChI=1S/C7H15N3O4S/c1-4(2)15(13,14)10-5(7(9)12)3-6(8)11/h4-5,10H,3H2,1-2H3,(H2,8,11)(H2,9,12). The third-order valence-electron chi connectivity index (χ3n) is 1.68. The van der Waals surface area contributed by atoms with E-state index in [4.69, 9.17) is 11.5 Å². The molecule has 0 rings (SSSR count). The third kappa shape index (κ3) is 4.75. The average molecular weight is 237 g/mol. The monoisotopic (exact) mass is 237 g/mol. The number of hydrogen-bond donors (Lipinski definition) is 3. The molecule has 0 aliphatic heterocycles. The van der Waals surface area contributed by atoms with Gasteiger partial charge in [0.05, 0.1) is 11.7 Å². The van der Waals surface area contributed by atoms with Gasteiger partial charge >= 0.3 is 0 Å². The van der Waals surface area contributed by atoms with Crippen LogP contribution in [0.15, 0.2) is 0 Å². The van der Waals surface area contributed by atoms with Crippen LogP contribution in [0.25, 0.3) is 0 Å². The lowest BCUT2D eigenvalue weighted by Crippen LogP contribution is -2.48. The van der Waals surface area contributed by atoms with Gasteiger partial charge in [-0.3, -0.25) is 9.59 Å². The molecule has 0 aliphatic rings. The third-order valence-corrected chi connectivity index (χ3v) is 3.53. The fourth-order valence-corrected chi connectivity index (χ4v) is 1.60. The van der Waals surface area contributed by atoms with E-state index in [1.54, 1.807) is 0 Å². The highest BCUT2D eigenvalue weighted by molar-refractivity contribution is 7.90. The predicted molar refractivity (Wildman–Crippen MR) is 54.0 cm³/mol. The fraction of sp³-hybridized carbons (Fsp3) is 0.714. The van der Waals surface area contributed by atoms with Crippen LogP contribution < -0.4 is 16.2 Å². The lowest BCUT2D eigenvalue weighted by molar-refractivity contribution is -0.124. The van der Waals surface area contributed by atoms with Crippen LogP contribution in [0.4, 0.5) is 0 Å². The first-order valence-electron chi connectivity index (χ1n) is 4.25. The number of nitrogens with two attached hydrogens (primary N) is 2. The second-order valence-corrected chi connectivity index (χ2v) is 5.61. The minimum atomic E-state index is -3.65. The second-order valence-electron chi connectivity index (χ2n) is 3.34. The quantitative estimate of drug-likeness (QED) is 0.495. The molecular formula is C7H15N3O4S. The number of nitrogens with one attached hydrogen (secondary N) is 1. The predicted octanol–water partition coefficient (Wildman–Crippen LogP) is -1.96. The zero-order chi connectivity index (χ0) is 12.2. The summed E-state index contributed by atoms with van der Waals surface area (Å²) in [5, 5.41) is -0.716. The van der Waals surface area contributed by atoms with Crippen LogP contribution in [0.3, 0.4) is 0 Å². The van der Waals surface area contributed by atoms with Crippen LogP contribution in [0, 0.1) is 0 Å². The normalized spacial score (nSPS) is 13.8. The number of primary amides is 2. The summed E-state index contributed by atoms with van der Waals surface area (Å²) in [4.78, 5) is 21.4. The Balaban J connectivity index is 4.70. The second kappa shape index (κ2) is 5.08. The van der Waals surface area contributed by atoms with E-state index in [1.807, 2.05) is 4.72 Å². The van der Waals surface area contributed by atoms with Crippen molar-refractivity contribution in [2.75, 3.05) is 0 Å². The maximum atomic E-state index is 11.4. The molecule has 0 spiro atoms. The van der Waals surface area contributed by atoms with Gasteiger partial charge in [-0.05, 0) is 13.8 Å². The molecule has 0 heterocycles. The van der Waals surface area contributed by atoms with Gasteiger partial charge in [-0.2, -0.15) is 0 Å². The van der Waals surface area contributed by atoms with Crippen LogP contribution in [-0.4, -0.2) is 31.5 Å². The van der Waals surface area contributed by atoms with Crippen molar-refractivity contribution >= 4 is 21.8 Å². The number of amides is 2. The summed E-state index contributed by atoms with van der Waals surface area (Å²) in [6.45, 7) is 2.87. The molecule has 0 saturated heterocycles. The molecule has 8 heteroatoms. The van der Waals surface area contributed by atoms with Crippen molar-refractivity contribution in [1.82, 2.24) is 4.72 Å². The number of hydrogen-bond acceptors (Lipinski definition) is 4. The van der Waals surface area contributed by atoms with Gasteiger partial charge in [-0.25, -0.2) is 13.1 Å². The molecule has 7 nitrogen and oxygen atoms in total. The van der Waals surface area contributed by atoms with Gasteiger partial charge in [0.25, 0.3) is 0 Å². The van der Waals surface area contributed by atoms with E-state index >= 15 is 0 Å². The SMILES string of the molecule is CC(C)S(=O)(=O)NC(CC(N)=O)C(N)=O. The lowest BCUT2D eigenvalue weighted by Gasteiger charge is -2.15. The van der Waals surface area contributed by atoms with E-state index in [1.165, 1.54) is 13.8 Å². The van der Waals surface area contributed by atoms with Gasteiger partial charge in [0.2, 0.25) is 21.8 Å². The first-order valence-corrected chi connectivity index (χ1v) is 5.80. The highest BCUT2D eigenvalue weighted by Gasteiger charge is 2.26. The molecular weight excluding hydrogens is 222 g/mol. The molecule has 0 radical (unpaired) electrons. The molecule has 88 valence electrons. The molecule has 0 aromatic rings. The Morgan fingerprint density at radius 3 is 2.00 bits per heavy atom.